The summed E-state index contributed by atoms with van der Waals surface area (Å²) in [6.45, 7) is 3.12. The summed E-state index contributed by atoms with van der Waals surface area (Å²) >= 11 is 12.2. The van der Waals surface area contributed by atoms with E-state index in [0.29, 0.717) is 16.1 Å². The maximum absolute atomic E-state index is 6.18. The number of halogens is 2. The smallest absolute Gasteiger partial charge is 0.0637 e. The summed E-state index contributed by atoms with van der Waals surface area (Å²) in [5.74, 6) is 0.942. The molecule has 100 valence electrons. The van der Waals surface area contributed by atoms with Gasteiger partial charge in [-0.25, -0.2) is 0 Å². The lowest BCUT2D eigenvalue weighted by molar-refractivity contribution is 0.285. The van der Waals surface area contributed by atoms with Gasteiger partial charge < -0.3 is 5.32 Å². The monoisotopic (exact) mass is 285 g/mol. The van der Waals surface area contributed by atoms with Crippen molar-refractivity contribution >= 4 is 23.2 Å². The molecule has 0 spiro atoms. The molecule has 1 aromatic rings. The first-order valence-electron chi connectivity index (χ1n) is 6.87. The van der Waals surface area contributed by atoms with Crippen LogP contribution in [0.25, 0.3) is 0 Å². The first kappa shape index (κ1) is 14.2. The van der Waals surface area contributed by atoms with E-state index < -0.39 is 0 Å². The van der Waals surface area contributed by atoms with Crippen molar-refractivity contribution in [1.82, 2.24) is 5.32 Å². The first-order valence-corrected chi connectivity index (χ1v) is 7.62. The Labute approximate surface area is 120 Å². The minimum Gasteiger partial charge on any atom is -0.310 e. The number of hydrogen-bond donors (Lipinski definition) is 1. The van der Waals surface area contributed by atoms with Crippen LogP contribution in [0.15, 0.2) is 18.2 Å². The molecule has 18 heavy (non-hydrogen) atoms. The Morgan fingerprint density at radius 1 is 1.17 bits per heavy atom. The first-order chi connectivity index (χ1) is 8.70. The molecule has 1 fully saturated rings. The molecule has 0 amide bonds. The van der Waals surface area contributed by atoms with Gasteiger partial charge in [0.05, 0.1) is 10.0 Å². The van der Waals surface area contributed by atoms with Gasteiger partial charge in [0.15, 0.2) is 0 Å². The summed E-state index contributed by atoms with van der Waals surface area (Å²) in [7, 11) is 0. The predicted octanol–water partition coefficient (Wildman–Crippen LogP) is 5.05. The topological polar surface area (TPSA) is 12.0 Å². The van der Waals surface area contributed by atoms with Crippen LogP contribution in [-0.2, 0) is 6.54 Å². The van der Waals surface area contributed by atoms with Crippen LogP contribution in [0, 0.1) is 5.92 Å². The molecule has 1 N–H and O–H groups in total. The minimum absolute atomic E-state index is 0.642. The summed E-state index contributed by atoms with van der Waals surface area (Å²) in [6, 6.07) is 6.47. The van der Waals surface area contributed by atoms with Gasteiger partial charge in [-0.1, -0.05) is 48.7 Å². The zero-order valence-corrected chi connectivity index (χ0v) is 12.4. The van der Waals surface area contributed by atoms with Gasteiger partial charge in [0.2, 0.25) is 0 Å². The van der Waals surface area contributed by atoms with Crippen LogP contribution in [0.3, 0.4) is 0 Å². The van der Waals surface area contributed by atoms with Gasteiger partial charge in [0, 0.05) is 12.6 Å². The fraction of sp³-hybridized carbons (Fsp3) is 0.600. The third-order valence-electron chi connectivity index (χ3n) is 4.04. The van der Waals surface area contributed by atoms with E-state index in [0.717, 1.165) is 18.0 Å². The highest BCUT2D eigenvalue weighted by atomic mass is 35.5. The molecule has 0 saturated heterocycles. The van der Waals surface area contributed by atoms with Gasteiger partial charge in [0.25, 0.3) is 0 Å². The molecule has 0 aliphatic heterocycles. The average molecular weight is 286 g/mol. The van der Waals surface area contributed by atoms with Crippen LogP contribution in [-0.4, -0.2) is 6.04 Å². The van der Waals surface area contributed by atoms with E-state index in [1.807, 2.05) is 18.2 Å². The van der Waals surface area contributed by atoms with Gasteiger partial charge in [0.1, 0.15) is 0 Å². The molecule has 3 heteroatoms. The summed E-state index contributed by atoms with van der Waals surface area (Å²) < 4.78 is 0. The zero-order valence-electron chi connectivity index (χ0n) is 10.9. The normalized spacial score (nSPS) is 24.2. The van der Waals surface area contributed by atoms with Crippen LogP contribution in [0.1, 0.15) is 44.6 Å². The second kappa shape index (κ2) is 6.79. The molecule has 2 rings (SSSR count). The second-order valence-electron chi connectivity index (χ2n) is 5.22. The van der Waals surface area contributed by atoms with Gasteiger partial charge in [-0.15, -0.1) is 0 Å². The van der Waals surface area contributed by atoms with Crippen LogP contribution in [0.5, 0.6) is 0 Å². The van der Waals surface area contributed by atoms with E-state index in [-0.39, 0.29) is 0 Å². The van der Waals surface area contributed by atoms with Crippen LogP contribution >= 0.6 is 23.2 Å². The molecule has 0 radical (unpaired) electrons. The lowest BCUT2D eigenvalue weighted by Crippen LogP contribution is -2.32. The molecule has 1 aliphatic rings. The van der Waals surface area contributed by atoms with Crippen LogP contribution in [0.2, 0.25) is 10.0 Å². The maximum Gasteiger partial charge on any atom is 0.0637 e. The largest absolute Gasteiger partial charge is 0.310 e. The standard InChI is InChI=1S/C15H21Cl2N/c1-2-11-6-8-13(9-7-11)18-10-12-4-3-5-14(16)15(12)17/h3-5,11,13,18H,2,6-10H2,1H3. The van der Waals surface area contributed by atoms with Crippen LogP contribution < -0.4 is 5.32 Å². The molecule has 1 aliphatic carbocycles. The lowest BCUT2D eigenvalue weighted by atomic mass is 9.84. The third-order valence-corrected chi connectivity index (χ3v) is 4.89. The average Bonchev–Trinajstić information content (AvgIpc) is 2.41. The van der Waals surface area contributed by atoms with Gasteiger partial charge in [-0.3, -0.25) is 0 Å². The van der Waals surface area contributed by atoms with Gasteiger partial charge in [-0.05, 0) is 43.2 Å². The van der Waals surface area contributed by atoms with Crippen molar-refractivity contribution in [2.24, 2.45) is 5.92 Å². The van der Waals surface area contributed by atoms with E-state index in [2.05, 4.69) is 12.2 Å². The maximum atomic E-state index is 6.18. The highest BCUT2D eigenvalue weighted by Gasteiger charge is 2.19. The highest BCUT2D eigenvalue weighted by Crippen LogP contribution is 2.28. The number of hydrogen-bond acceptors (Lipinski definition) is 1. The van der Waals surface area contributed by atoms with E-state index >= 15 is 0 Å². The number of benzene rings is 1. The fourth-order valence-electron chi connectivity index (χ4n) is 2.71. The van der Waals surface area contributed by atoms with Crippen molar-refractivity contribution in [2.45, 2.75) is 51.6 Å². The summed E-state index contributed by atoms with van der Waals surface area (Å²) in [5, 5.41) is 4.94. The Morgan fingerprint density at radius 2 is 1.89 bits per heavy atom. The fourth-order valence-corrected chi connectivity index (χ4v) is 3.10. The quantitative estimate of drug-likeness (QED) is 0.816. The van der Waals surface area contributed by atoms with Crippen molar-refractivity contribution in [3.63, 3.8) is 0 Å². The van der Waals surface area contributed by atoms with Gasteiger partial charge >= 0.3 is 0 Å². The molecule has 0 bridgehead atoms. The molecule has 0 atom stereocenters. The summed E-state index contributed by atoms with van der Waals surface area (Å²) in [5.41, 5.74) is 1.10. The Balaban J connectivity index is 1.83. The van der Waals surface area contributed by atoms with Crippen LogP contribution in [0.4, 0.5) is 0 Å². The molecule has 0 aromatic heterocycles. The Hall–Kier alpha value is -0.240. The van der Waals surface area contributed by atoms with Gasteiger partial charge in [-0.2, -0.15) is 0 Å². The van der Waals surface area contributed by atoms with E-state index in [9.17, 15) is 0 Å². The molecule has 0 heterocycles. The van der Waals surface area contributed by atoms with E-state index in [1.165, 1.54) is 32.1 Å². The zero-order chi connectivity index (χ0) is 13.0. The van der Waals surface area contributed by atoms with Crippen molar-refractivity contribution in [2.75, 3.05) is 0 Å². The summed E-state index contributed by atoms with van der Waals surface area (Å²) in [4.78, 5) is 0. The Kier molecular flexibility index (Phi) is 5.35. The third kappa shape index (κ3) is 3.63. The van der Waals surface area contributed by atoms with E-state index in [4.69, 9.17) is 23.2 Å². The molecule has 1 saturated carbocycles. The van der Waals surface area contributed by atoms with Crippen molar-refractivity contribution in [3.8, 4) is 0 Å². The lowest BCUT2D eigenvalue weighted by Gasteiger charge is -2.28. The highest BCUT2D eigenvalue weighted by molar-refractivity contribution is 6.42. The predicted molar refractivity (Wildman–Crippen MR) is 79.3 cm³/mol. The van der Waals surface area contributed by atoms with E-state index in [1.54, 1.807) is 0 Å². The molecule has 1 nitrogen and oxygen atoms in total. The second-order valence-corrected chi connectivity index (χ2v) is 6.00. The van der Waals surface area contributed by atoms with Crippen molar-refractivity contribution < 1.29 is 0 Å². The summed E-state index contributed by atoms with van der Waals surface area (Å²) in [6.07, 6.45) is 6.62. The minimum atomic E-state index is 0.642. The number of rotatable bonds is 4. The van der Waals surface area contributed by atoms with Crippen molar-refractivity contribution in [3.05, 3.63) is 33.8 Å². The number of nitrogens with one attached hydrogen (secondary N) is 1. The molecular weight excluding hydrogens is 265 g/mol. The molecular formula is C15H21Cl2N. The SMILES string of the molecule is CCC1CCC(NCc2cccc(Cl)c2Cl)CC1. The Morgan fingerprint density at radius 3 is 2.56 bits per heavy atom. The molecule has 1 aromatic carbocycles. The molecule has 0 unspecified atom stereocenters. The van der Waals surface area contributed by atoms with Crippen molar-refractivity contribution in [1.29, 1.82) is 0 Å². The Bertz CT molecular complexity index is 384.